The summed E-state index contributed by atoms with van der Waals surface area (Å²) in [6.07, 6.45) is 3.47. The van der Waals surface area contributed by atoms with Crippen LogP contribution >= 0.6 is 11.3 Å². The lowest BCUT2D eigenvalue weighted by molar-refractivity contribution is 0.100. The Labute approximate surface area is 81.8 Å². The molecule has 0 saturated carbocycles. The molecule has 1 atom stereocenters. The van der Waals surface area contributed by atoms with Gasteiger partial charge in [0.05, 0.1) is 4.88 Å². The zero-order valence-corrected chi connectivity index (χ0v) is 8.49. The lowest BCUT2D eigenvalue weighted by Crippen LogP contribution is -2.09. The summed E-state index contributed by atoms with van der Waals surface area (Å²) in [6, 6.07) is 1.97. The second-order valence-corrected chi connectivity index (χ2v) is 4.91. The Kier molecular flexibility index (Phi) is 2.12. The minimum absolute atomic E-state index is 0.285. The normalized spacial score (nSPS) is 21.2. The zero-order chi connectivity index (χ0) is 9.42. The molecule has 1 aromatic heterocycles. The second kappa shape index (κ2) is 3.14. The van der Waals surface area contributed by atoms with Crippen LogP contribution in [0.25, 0.3) is 0 Å². The Morgan fingerprint density at radius 1 is 1.69 bits per heavy atom. The van der Waals surface area contributed by atoms with E-state index in [1.54, 1.807) is 11.3 Å². The number of fused-ring (bicyclic) bond motifs is 1. The maximum atomic E-state index is 10.9. The minimum Gasteiger partial charge on any atom is -0.365 e. The molecule has 0 fully saturated rings. The first-order chi connectivity index (χ1) is 6.16. The summed E-state index contributed by atoms with van der Waals surface area (Å²) < 4.78 is 0. The number of thiophene rings is 1. The van der Waals surface area contributed by atoms with Gasteiger partial charge in [0.15, 0.2) is 0 Å². The van der Waals surface area contributed by atoms with E-state index in [-0.39, 0.29) is 5.91 Å². The highest BCUT2D eigenvalue weighted by molar-refractivity contribution is 7.14. The van der Waals surface area contributed by atoms with Crippen LogP contribution in [0.15, 0.2) is 6.07 Å². The predicted octanol–water partition coefficient (Wildman–Crippen LogP) is 1.97. The van der Waals surface area contributed by atoms with Crippen LogP contribution in [0.5, 0.6) is 0 Å². The molecular formula is C10H13NOS. The van der Waals surface area contributed by atoms with E-state index in [1.807, 2.05) is 6.07 Å². The van der Waals surface area contributed by atoms with E-state index in [4.69, 9.17) is 5.73 Å². The number of nitrogens with two attached hydrogens (primary N) is 1. The van der Waals surface area contributed by atoms with Crippen molar-refractivity contribution in [3.63, 3.8) is 0 Å². The van der Waals surface area contributed by atoms with Crippen molar-refractivity contribution in [3.05, 3.63) is 21.4 Å². The lowest BCUT2D eigenvalue weighted by atomic mass is 9.90. The smallest absolute Gasteiger partial charge is 0.258 e. The zero-order valence-electron chi connectivity index (χ0n) is 7.67. The third-order valence-electron chi connectivity index (χ3n) is 2.57. The molecule has 0 spiro atoms. The van der Waals surface area contributed by atoms with Gasteiger partial charge in [0, 0.05) is 4.88 Å². The molecule has 1 amide bonds. The van der Waals surface area contributed by atoms with Gasteiger partial charge >= 0.3 is 0 Å². The fraction of sp³-hybridized carbons (Fsp3) is 0.500. The second-order valence-electron chi connectivity index (χ2n) is 3.77. The van der Waals surface area contributed by atoms with Crippen LogP contribution in [0.2, 0.25) is 0 Å². The van der Waals surface area contributed by atoms with Crippen molar-refractivity contribution in [2.45, 2.75) is 26.2 Å². The standard InChI is InChI=1S/C10H13NOS/c1-6-2-3-8-7(4-6)5-9(13-8)10(11)12/h5-6H,2-4H2,1H3,(H2,11,12). The van der Waals surface area contributed by atoms with Gasteiger partial charge < -0.3 is 5.73 Å². The SMILES string of the molecule is CC1CCc2sc(C(N)=O)cc2C1. The summed E-state index contributed by atoms with van der Waals surface area (Å²) in [5.74, 6) is 0.467. The number of carbonyl (C=O) groups excluding carboxylic acids is 1. The summed E-state index contributed by atoms with van der Waals surface area (Å²) in [5.41, 5.74) is 6.58. The van der Waals surface area contributed by atoms with Gasteiger partial charge in [-0.2, -0.15) is 0 Å². The fourth-order valence-corrected chi connectivity index (χ4v) is 2.89. The fourth-order valence-electron chi connectivity index (χ4n) is 1.83. The molecule has 1 aromatic rings. The van der Waals surface area contributed by atoms with Crippen molar-refractivity contribution >= 4 is 17.2 Å². The van der Waals surface area contributed by atoms with Crippen molar-refractivity contribution in [1.29, 1.82) is 0 Å². The molecule has 2 nitrogen and oxygen atoms in total. The van der Waals surface area contributed by atoms with E-state index in [2.05, 4.69) is 6.92 Å². The Morgan fingerprint density at radius 2 is 2.46 bits per heavy atom. The van der Waals surface area contributed by atoms with Crippen molar-refractivity contribution in [2.75, 3.05) is 0 Å². The molecule has 70 valence electrons. The van der Waals surface area contributed by atoms with Gasteiger partial charge in [-0.25, -0.2) is 0 Å². The number of primary amides is 1. The van der Waals surface area contributed by atoms with Crippen LogP contribution in [-0.4, -0.2) is 5.91 Å². The van der Waals surface area contributed by atoms with Crippen molar-refractivity contribution in [3.8, 4) is 0 Å². The highest BCUT2D eigenvalue weighted by Gasteiger charge is 2.19. The van der Waals surface area contributed by atoms with E-state index in [1.165, 1.54) is 16.9 Å². The first-order valence-electron chi connectivity index (χ1n) is 4.58. The predicted molar refractivity (Wildman–Crippen MR) is 54.0 cm³/mol. The number of aryl methyl sites for hydroxylation is 1. The molecule has 0 aliphatic heterocycles. The molecule has 2 N–H and O–H groups in total. The van der Waals surface area contributed by atoms with E-state index >= 15 is 0 Å². The van der Waals surface area contributed by atoms with Gasteiger partial charge in [-0.15, -0.1) is 11.3 Å². The van der Waals surface area contributed by atoms with E-state index in [9.17, 15) is 4.79 Å². The molecule has 2 rings (SSSR count). The summed E-state index contributed by atoms with van der Waals surface area (Å²) in [6.45, 7) is 2.25. The molecule has 13 heavy (non-hydrogen) atoms. The molecule has 1 aliphatic carbocycles. The Balaban J connectivity index is 2.33. The Hall–Kier alpha value is -0.830. The van der Waals surface area contributed by atoms with Gasteiger partial charge in [-0.1, -0.05) is 6.92 Å². The number of hydrogen-bond donors (Lipinski definition) is 1. The Bertz CT molecular complexity index is 343. The van der Waals surface area contributed by atoms with Crippen molar-refractivity contribution < 1.29 is 4.79 Å². The highest BCUT2D eigenvalue weighted by atomic mass is 32.1. The molecule has 3 heteroatoms. The minimum atomic E-state index is -0.285. The molecular weight excluding hydrogens is 182 g/mol. The number of carbonyl (C=O) groups is 1. The summed E-state index contributed by atoms with van der Waals surface area (Å²) in [4.78, 5) is 13.0. The van der Waals surface area contributed by atoms with E-state index in [0.29, 0.717) is 0 Å². The molecule has 0 aromatic carbocycles. The summed E-state index contributed by atoms with van der Waals surface area (Å²) in [5, 5.41) is 0. The van der Waals surface area contributed by atoms with Crippen LogP contribution in [-0.2, 0) is 12.8 Å². The topological polar surface area (TPSA) is 43.1 Å². The number of hydrogen-bond acceptors (Lipinski definition) is 2. The molecule has 0 radical (unpaired) electrons. The van der Waals surface area contributed by atoms with Gasteiger partial charge in [-0.3, -0.25) is 4.79 Å². The van der Waals surface area contributed by atoms with Gasteiger partial charge in [-0.05, 0) is 36.8 Å². The van der Waals surface area contributed by atoms with E-state index < -0.39 is 0 Å². The third kappa shape index (κ3) is 1.61. The van der Waals surface area contributed by atoms with Crippen LogP contribution in [0.1, 0.15) is 33.5 Å². The first kappa shape index (κ1) is 8.75. The quantitative estimate of drug-likeness (QED) is 0.731. The van der Waals surface area contributed by atoms with Gasteiger partial charge in [0.2, 0.25) is 0 Å². The van der Waals surface area contributed by atoms with E-state index in [0.717, 1.165) is 23.6 Å². The molecule has 1 aliphatic rings. The Morgan fingerprint density at radius 3 is 3.15 bits per heavy atom. The van der Waals surface area contributed by atoms with Gasteiger partial charge in [0.25, 0.3) is 5.91 Å². The molecule has 1 unspecified atom stereocenters. The largest absolute Gasteiger partial charge is 0.365 e. The maximum Gasteiger partial charge on any atom is 0.258 e. The van der Waals surface area contributed by atoms with Crippen LogP contribution in [0, 0.1) is 5.92 Å². The van der Waals surface area contributed by atoms with Crippen LogP contribution in [0.3, 0.4) is 0 Å². The van der Waals surface area contributed by atoms with Crippen molar-refractivity contribution in [2.24, 2.45) is 11.7 Å². The highest BCUT2D eigenvalue weighted by Crippen LogP contribution is 2.31. The molecule has 0 saturated heterocycles. The number of rotatable bonds is 1. The lowest BCUT2D eigenvalue weighted by Gasteiger charge is -2.16. The third-order valence-corrected chi connectivity index (χ3v) is 3.82. The van der Waals surface area contributed by atoms with Crippen LogP contribution in [0.4, 0.5) is 0 Å². The van der Waals surface area contributed by atoms with Gasteiger partial charge in [0.1, 0.15) is 0 Å². The number of amides is 1. The first-order valence-corrected chi connectivity index (χ1v) is 5.40. The van der Waals surface area contributed by atoms with Crippen molar-refractivity contribution in [1.82, 2.24) is 0 Å². The van der Waals surface area contributed by atoms with Crippen LogP contribution < -0.4 is 5.73 Å². The summed E-state index contributed by atoms with van der Waals surface area (Å²) >= 11 is 1.57. The average Bonchev–Trinajstić information content (AvgIpc) is 2.46. The monoisotopic (exact) mass is 195 g/mol. The summed E-state index contributed by atoms with van der Waals surface area (Å²) in [7, 11) is 0. The maximum absolute atomic E-state index is 10.9. The molecule has 1 heterocycles. The molecule has 0 bridgehead atoms. The average molecular weight is 195 g/mol.